The highest BCUT2D eigenvalue weighted by atomic mass is 16.5. The number of hydrogen-bond donors (Lipinski definition) is 2. The van der Waals surface area contributed by atoms with Gasteiger partial charge in [0.15, 0.2) is 0 Å². The van der Waals surface area contributed by atoms with Crippen molar-refractivity contribution in [3.05, 3.63) is 18.0 Å². The Morgan fingerprint density at radius 3 is 3.18 bits per heavy atom. The molecule has 1 aromatic heterocycles. The molecule has 0 aromatic carbocycles. The van der Waals surface area contributed by atoms with Gasteiger partial charge in [-0.3, -0.25) is 9.89 Å². The Morgan fingerprint density at radius 1 is 1.71 bits per heavy atom. The van der Waals surface area contributed by atoms with Crippen LogP contribution in [-0.4, -0.2) is 54.4 Å². The van der Waals surface area contributed by atoms with Crippen molar-refractivity contribution >= 4 is 5.91 Å². The fourth-order valence-corrected chi connectivity index (χ4v) is 2.08. The Morgan fingerprint density at radius 2 is 2.53 bits per heavy atom. The van der Waals surface area contributed by atoms with Crippen LogP contribution in [0, 0.1) is 5.92 Å². The molecule has 17 heavy (non-hydrogen) atoms. The van der Waals surface area contributed by atoms with Crippen LogP contribution in [0.3, 0.4) is 0 Å². The number of H-pyrrole nitrogens is 1. The predicted octanol–water partition coefficient (Wildman–Crippen LogP) is -0.397. The van der Waals surface area contributed by atoms with Gasteiger partial charge in [0.25, 0.3) is 0 Å². The molecular formula is C11H18N4O2. The molecule has 1 saturated heterocycles. The van der Waals surface area contributed by atoms with Crippen molar-refractivity contribution in [1.29, 1.82) is 0 Å². The second kappa shape index (κ2) is 5.29. The molecule has 2 heterocycles. The van der Waals surface area contributed by atoms with Gasteiger partial charge in [0.2, 0.25) is 5.91 Å². The maximum absolute atomic E-state index is 12.2. The first-order valence-electron chi connectivity index (χ1n) is 5.70. The van der Waals surface area contributed by atoms with Crippen LogP contribution in [0.25, 0.3) is 0 Å². The van der Waals surface area contributed by atoms with E-state index in [9.17, 15) is 4.79 Å². The van der Waals surface area contributed by atoms with Gasteiger partial charge in [-0.2, -0.15) is 5.10 Å². The van der Waals surface area contributed by atoms with Gasteiger partial charge in [0.05, 0.1) is 25.3 Å². The van der Waals surface area contributed by atoms with Gasteiger partial charge in [-0.05, 0) is 7.05 Å². The van der Waals surface area contributed by atoms with Crippen molar-refractivity contribution < 1.29 is 9.53 Å². The van der Waals surface area contributed by atoms with Crippen LogP contribution in [0.1, 0.15) is 5.56 Å². The summed E-state index contributed by atoms with van der Waals surface area (Å²) in [6.45, 7) is 1.68. The van der Waals surface area contributed by atoms with E-state index in [4.69, 9.17) is 4.74 Å². The zero-order valence-electron chi connectivity index (χ0n) is 10.1. The standard InChI is InChI=1S/C11H18N4O2/c1-12-10-7-17-6-9(10)11(16)15(2)5-8-3-13-14-4-8/h3-4,9-10,12H,5-7H2,1-2H3,(H,13,14). The zero-order valence-corrected chi connectivity index (χ0v) is 10.1. The van der Waals surface area contributed by atoms with Crippen LogP contribution >= 0.6 is 0 Å². The van der Waals surface area contributed by atoms with Crippen LogP contribution in [0.5, 0.6) is 0 Å². The molecule has 1 aliphatic rings. The molecule has 1 aromatic rings. The predicted molar refractivity (Wildman–Crippen MR) is 62.2 cm³/mol. The van der Waals surface area contributed by atoms with Crippen molar-refractivity contribution in [3.63, 3.8) is 0 Å². The zero-order chi connectivity index (χ0) is 12.3. The summed E-state index contributed by atoms with van der Waals surface area (Å²) in [6, 6.07) is 0.120. The second-order valence-electron chi connectivity index (χ2n) is 4.34. The van der Waals surface area contributed by atoms with E-state index in [-0.39, 0.29) is 17.9 Å². The molecule has 6 heteroatoms. The summed E-state index contributed by atoms with van der Waals surface area (Å²) in [5.41, 5.74) is 1.00. The molecule has 0 bridgehead atoms. The average Bonchev–Trinajstić information content (AvgIpc) is 2.97. The van der Waals surface area contributed by atoms with Crippen molar-refractivity contribution in [2.75, 3.05) is 27.3 Å². The van der Waals surface area contributed by atoms with Gasteiger partial charge in [-0.25, -0.2) is 0 Å². The number of amides is 1. The third-order valence-electron chi connectivity index (χ3n) is 3.12. The van der Waals surface area contributed by atoms with Crippen molar-refractivity contribution in [1.82, 2.24) is 20.4 Å². The van der Waals surface area contributed by atoms with E-state index in [1.165, 1.54) is 0 Å². The van der Waals surface area contributed by atoms with E-state index in [1.54, 1.807) is 24.3 Å². The van der Waals surface area contributed by atoms with E-state index >= 15 is 0 Å². The maximum atomic E-state index is 12.2. The highest BCUT2D eigenvalue weighted by Gasteiger charge is 2.34. The van der Waals surface area contributed by atoms with Crippen molar-refractivity contribution in [2.24, 2.45) is 5.92 Å². The smallest absolute Gasteiger partial charge is 0.229 e. The Balaban J connectivity index is 1.94. The molecule has 1 fully saturated rings. The summed E-state index contributed by atoms with van der Waals surface area (Å²) < 4.78 is 5.34. The molecule has 2 rings (SSSR count). The number of hydrogen-bond acceptors (Lipinski definition) is 4. The maximum Gasteiger partial charge on any atom is 0.229 e. The third kappa shape index (κ3) is 2.65. The summed E-state index contributed by atoms with van der Waals surface area (Å²) in [5.74, 6) is 0.0277. The summed E-state index contributed by atoms with van der Waals surface area (Å²) in [4.78, 5) is 13.9. The number of aromatic nitrogens is 2. The summed E-state index contributed by atoms with van der Waals surface area (Å²) >= 11 is 0. The van der Waals surface area contributed by atoms with Crippen LogP contribution in [-0.2, 0) is 16.1 Å². The number of nitrogens with zero attached hydrogens (tertiary/aromatic N) is 2. The summed E-state index contributed by atoms with van der Waals surface area (Å²) in [5, 5.41) is 9.72. The summed E-state index contributed by atoms with van der Waals surface area (Å²) in [7, 11) is 3.66. The number of likely N-dealkylation sites (N-methyl/N-ethyl adjacent to an activating group) is 1. The SMILES string of the molecule is CNC1COCC1C(=O)N(C)Cc1cn[nH]c1. The lowest BCUT2D eigenvalue weighted by molar-refractivity contribution is -0.135. The van der Waals surface area contributed by atoms with Gasteiger partial charge < -0.3 is 15.0 Å². The lowest BCUT2D eigenvalue weighted by Crippen LogP contribution is -2.43. The monoisotopic (exact) mass is 238 g/mol. The Kier molecular flexibility index (Phi) is 3.75. The Bertz CT molecular complexity index is 366. The quantitative estimate of drug-likeness (QED) is 0.749. The lowest BCUT2D eigenvalue weighted by Gasteiger charge is -2.23. The van der Waals surface area contributed by atoms with Gasteiger partial charge in [-0.15, -0.1) is 0 Å². The Hall–Kier alpha value is -1.40. The third-order valence-corrected chi connectivity index (χ3v) is 3.12. The highest BCUT2D eigenvalue weighted by molar-refractivity contribution is 5.79. The number of aromatic amines is 1. The molecule has 2 N–H and O–H groups in total. The molecular weight excluding hydrogens is 220 g/mol. The topological polar surface area (TPSA) is 70.2 Å². The molecule has 0 spiro atoms. The molecule has 0 aliphatic carbocycles. The van der Waals surface area contributed by atoms with Crippen LogP contribution < -0.4 is 5.32 Å². The van der Waals surface area contributed by atoms with Gasteiger partial charge in [0, 0.05) is 31.4 Å². The molecule has 1 amide bonds. The van der Waals surface area contributed by atoms with Gasteiger partial charge >= 0.3 is 0 Å². The normalized spacial score (nSPS) is 23.9. The fraction of sp³-hybridized carbons (Fsp3) is 0.636. The van der Waals surface area contributed by atoms with Crippen LogP contribution in [0.15, 0.2) is 12.4 Å². The molecule has 2 unspecified atom stereocenters. The van der Waals surface area contributed by atoms with Crippen molar-refractivity contribution in [2.45, 2.75) is 12.6 Å². The number of carbonyl (C=O) groups is 1. The lowest BCUT2D eigenvalue weighted by atomic mass is 10.0. The fourth-order valence-electron chi connectivity index (χ4n) is 2.08. The largest absolute Gasteiger partial charge is 0.379 e. The first-order valence-corrected chi connectivity index (χ1v) is 5.70. The van der Waals surface area contributed by atoms with Crippen LogP contribution in [0.4, 0.5) is 0 Å². The second-order valence-corrected chi connectivity index (χ2v) is 4.34. The molecule has 1 aliphatic heterocycles. The molecule has 0 radical (unpaired) electrons. The summed E-state index contributed by atoms with van der Waals surface area (Å²) in [6.07, 6.45) is 3.52. The minimum Gasteiger partial charge on any atom is -0.379 e. The number of carbonyl (C=O) groups excluding carboxylic acids is 1. The first kappa shape index (κ1) is 12.1. The average molecular weight is 238 g/mol. The molecule has 2 atom stereocenters. The van der Waals surface area contributed by atoms with E-state index in [0.29, 0.717) is 19.8 Å². The van der Waals surface area contributed by atoms with E-state index < -0.39 is 0 Å². The molecule has 94 valence electrons. The van der Waals surface area contributed by atoms with Crippen LogP contribution in [0.2, 0.25) is 0 Å². The first-order chi connectivity index (χ1) is 8.22. The minimum absolute atomic E-state index is 0.0862. The van der Waals surface area contributed by atoms with E-state index in [0.717, 1.165) is 5.56 Å². The number of ether oxygens (including phenoxy) is 1. The molecule has 6 nitrogen and oxygen atoms in total. The molecule has 0 saturated carbocycles. The van der Waals surface area contributed by atoms with Gasteiger partial charge in [0.1, 0.15) is 0 Å². The van der Waals surface area contributed by atoms with Gasteiger partial charge in [-0.1, -0.05) is 0 Å². The van der Waals surface area contributed by atoms with Crippen molar-refractivity contribution in [3.8, 4) is 0 Å². The minimum atomic E-state index is -0.0862. The number of rotatable bonds is 4. The number of nitrogens with one attached hydrogen (secondary N) is 2. The van der Waals surface area contributed by atoms with E-state index in [2.05, 4.69) is 15.5 Å². The van der Waals surface area contributed by atoms with E-state index in [1.807, 2.05) is 7.05 Å². The Labute approximate surface area is 100 Å². The highest BCUT2D eigenvalue weighted by Crippen LogP contribution is 2.16.